The Morgan fingerprint density at radius 2 is 1.70 bits per heavy atom. The van der Waals surface area contributed by atoms with Gasteiger partial charge >= 0.3 is 6.01 Å². The number of anilines is 2. The van der Waals surface area contributed by atoms with Crippen LogP contribution in [0.25, 0.3) is 0 Å². The summed E-state index contributed by atoms with van der Waals surface area (Å²) >= 11 is 0. The number of ether oxygens (including phenoxy) is 1. The summed E-state index contributed by atoms with van der Waals surface area (Å²) in [5, 5.41) is 2.95. The third-order valence-corrected chi connectivity index (χ3v) is 3.63. The molecule has 1 N–H and O–H groups in total. The highest BCUT2D eigenvalue weighted by Gasteiger charge is 2.26. The average Bonchev–Trinajstić information content (AvgIpc) is 2.36. The Morgan fingerprint density at radius 3 is 2.25 bits per heavy atom. The summed E-state index contributed by atoms with van der Waals surface area (Å²) in [6.45, 7) is 4.56. The molecule has 112 valence electrons. The van der Waals surface area contributed by atoms with Gasteiger partial charge < -0.3 is 15.0 Å². The molecule has 2 rings (SSSR count). The zero-order chi connectivity index (χ0) is 14.7. The van der Waals surface area contributed by atoms with Crippen molar-refractivity contribution in [3.05, 3.63) is 0 Å². The van der Waals surface area contributed by atoms with E-state index in [4.69, 9.17) is 4.74 Å². The molecule has 0 spiro atoms. The van der Waals surface area contributed by atoms with Crippen molar-refractivity contribution in [2.45, 2.75) is 39.2 Å². The smallest absolute Gasteiger partial charge is 0.323 e. The monoisotopic (exact) mass is 279 g/mol. The van der Waals surface area contributed by atoms with Crippen molar-refractivity contribution in [2.24, 2.45) is 11.8 Å². The molecule has 0 bridgehead atoms. The molecule has 6 heteroatoms. The average molecular weight is 279 g/mol. The Bertz CT molecular complexity index is 441. The van der Waals surface area contributed by atoms with Crippen LogP contribution in [-0.2, 0) is 0 Å². The summed E-state index contributed by atoms with van der Waals surface area (Å²) < 4.78 is 6.00. The minimum Gasteiger partial charge on any atom is -0.460 e. The topological polar surface area (TPSA) is 63.2 Å². The van der Waals surface area contributed by atoms with Crippen LogP contribution in [-0.4, -0.2) is 42.2 Å². The molecular weight excluding hydrogens is 254 g/mol. The van der Waals surface area contributed by atoms with E-state index in [-0.39, 0.29) is 6.10 Å². The largest absolute Gasteiger partial charge is 0.460 e. The van der Waals surface area contributed by atoms with Crippen molar-refractivity contribution in [2.75, 3.05) is 31.4 Å². The Labute approximate surface area is 121 Å². The van der Waals surface area contributed by atoms with Gasteiger partial charge in [-0.05, 0) is 31.1 Å². The Kier molecular flexibility index (Phi) is 4.62. The second kappa shape index (κ2) is 6.24. The zero-order valence-electron chi connectivity index (χ0n) is 13.1. The van der Waals surface area contributed by atoms with E-state index >= 15 is 0 Å². The fraction of sp³-hybridized carbons (Fsp3) is 0.786. The number of nitrogens with zero attached hydrogens (tertiary/aromatic N) is 4. The third kappa shape index (κ3) is 3.71. The molecule has 20 heavy (non-hydrogen) atoms. The van der Waals surface area contributed by atoms with E-state index in [1.807, 2.05) is 19.0 Å². The van der Waals surface area contributed by atoms with Gasteiger partial charge in [-0.25, -0.2) is 0 Å². The third-order valence-electron chi connectivity index (χ3n) is 3.63. The lowest BCUT2D eigenvalue weighted by molar-refractivity contribution is 0.0920. The number of hydrogen-bond acceptors (Lipinski definition) is 6. The van der Waals surface area contributed by atoms with Crippen LogP contribution >= 0.6 is 0 Å². The van der Waals surface area contributed by atoms with E-state index in [0.29, 0.717) is 29.7 Å². The number of hydrogen-bond donors (Lipinski definition) is 1. The second-order valence-electron chi connectivity index (χ2n) is 6.04. The van der Waals surface area contributed by atoms with Gasteiger partial charge in [-0.2, -0.15) is 15.0 Å². The predicted octanol–water partition coefficient (Wildman–Crippen LogP) is 2.18. The van der Waals surface area contributed by atoms with Gasteiger partial charge in [0.25, 0.3) is 0 Å². The van der Waals surface area contributed by atoms with Gasteiger partial charge in [-0.1, -0.05) is 13.8 Å². The lowest BCUT2D eigenvalue weighted by Gasteiger charge is -2.31. The number of aromatic nitrogens is 3. The first-order valence-electron chi connectivity index (χ1n) is 7.25. The Hall–Kier alpha value is -1.59. The lowest BCUT2D eigenvalue weighted by atomic mass is 9.82. The van der Waals surface area contributed by atoms with Crippen molar-refractivity contribution in [1.82, 2.24) is 15.0 Å². The molecule has 1 saturated carbocycles. The summed E-state index contributed by atoms with van der Waals surface area (Å²) in [5.74, 6) is 2.54. The minimum atomic E-state index is 0.205. The van der Waals surface area contributed by atoms with Crippen LogP contribution in [0.15, 0.2) is 0 Å². The van der Waals surface area contributed by atoms with Crippen molar-refractivity contribution >= 4 is 11.9 Å². The molecule has 0 aromatic carbocycles. The van der Waals surface area contributed by atoms with Crippen molar-refractivity contribution in [1.29, 1.82) is 0 Å². The maximum Gasteiger partial charge on any atom is 0.323 e. The molecule has 1 aliphatic carbocycles. The molecule has 2 unspecified atom stereocenters. The summed E-state index contributed by atoms with van der Waals surface area (Å²) in [6.07, 6.45) is 3.63. The van der Waals surface area contributed by atoms with E-state index in [9.17, 15) is 0 Å². The second-order valence-corrected chi connectivity index (χ2v) is 6.04. The normalized spacial score (nSPS) is 26.1. The van der Waals surface area contributed by atoms with Gasteiger partial charge in [0.05, 0.1) is 0 Å². The van der Waals surface area contributed by atoms with Crippen LogP contribution in [0.5, 0.6) is 6.01 Å². The predicted molar refractivity (Wildman–Crippen MR) is 80.3 cm³/mol. The highest BCUT2D eigenvalue weighted by molar-refractivity contribution is 5.36. The van der Waals surface area contributed by atoms with Gasteiger partial charge in [-0.3, -0.25) is 0 Å². The van der Waals surface area contributed by atoms with E-state index in [1.54, 1.807) is 7.05 Å². The van der Waals surface area contributed by atoms with Crippen LogP contribution in [0.4, 0.5) is 11.9 Å². The quantitative estimate of drug-likeness (QED) is 0.911. The highest BCUT2D eigenvalue weighted by atomic mass is 16.5. The van der Waals surface area contributed by atoms with Crippen molar-refractivity contribution in [3.8, 4) is 6.01 Å². The summed E-state index contributed by atoms with van der Waals surface area (Å²) in [5.41, 5.74) is 0. The molecule has 1 fully saturated rings. The molecule has 1 aliphatic rings. The summed E-state index contributed by atoms with van der Waals surface area (Å²) in [4.78, 5) is 14.8. The number of nitrogens with one attached hydrogen (secondary N) is 1. The van der Waals surface area contributed by atoms with E-state index in [1.165, 1.54) is 6.42 Å². The number of rotatable bonds is 4. The van der Waals surface area contributed by atoms with Crippen LogP contribution in [0.1, 0.15) is 33.1 Å². The molecule has 0 saturated heterocycles. The maximum absolute atomic E-state index is 6.00. The van der Waals surface area contributed by atoms with Gasteiger partial charge in [0.2, 0.25) is 11.9 Å². The van der Waals surface area contributed by atoms with Crippen LogP contribution in [0.2, 0.25) is 0 Å². The van der Waals surface area contributed by atoms with Crippen LogP contribution < -0.4 is 15.0 Å². The van der Waals surface area contributed by atoms with E-state index in [0.717, 1.165) is 12.8 Å². The summed E-state index contributed by atoms with van der Waals surface area (Å²) in [6, 6.07) is 0.416. The zero-order valence-corrected chi connectivity index (χ0v) is 13.1. The highest BCUT2D eigenvalue weighted by Crippen LogP contribution is 2.30. The Balaban J connectivity index is 2.13. The minimum absolute atomic E-state index is 0.205. The fourth-order valence-corrected chi connectivity index (χ4v) is 2.83. The van der Waals surface area contributed by atoms with Crippen molar-refractivity contribution in [3.63, 3.8) is 0 Å². The summed E-state index contributed by atoms with van der Waals surface area (Å²) in [7, 11) is 5.61. The van der Waals surface area contributed by atoms with E-state index < -0.39 is 0 Å². The van der Waals surface area contributed by atoms with Crippen molar-refractivity contribution < 1.29 is 4.74 Å². The first kappa shape index (κ1) is 14.8. The molecule has 0 radical (unpaired) electrons. The standard InChI is InChI=1S/C14H25N5O/c1-9-6-10(2)8-11(7-9)20-14-17-12(15-3)16-13(18-14)19(4)5/h9-11H,6-8H2,1-5H3,(H,15,16,17,18). The molecule has 1 aromatic heterocycles. The fourth-order valence-electron chi connectivity index (χ4n) is 2.83. The Morgan fingerprint density at radius 1 is 1.05 bits per heavy atom. The molecule has 1 aromatic rings. The van der Waals surface area contributed by atoms with E-state index in [2.05, 4.69) is 34.1 Å². The lowest BCUT2D eigenvalue weighted by Crippen LogP contribution is -2.29. The van der Waals surface area contributed by atoms with Gasteiger partial charge in [0.15, 0.2) is 0 Å². The molecule has 6 nitrogen and oxygen atoms in total. The van der Waals surface area contributed by atoms with Gasteiger partial charge in [-0.15, -0.1) is 0 Å². The maximum atomic E-state index is 6.00. The molecule has 0 amide bonds. The van der Waals surface area contributed by atoms with Gasteiger partial charge in [0.1, 0.15) is 6.10 Å². The first-order valence-corrected chi connectivity index (χ1v) is 7.25. The first-order chi connectivity index (χ1) is 9.47. The van der Waals surface area contributed by atoms with Crippen LogP contribution in [0.3, 0.4) is 0 Å². The molecule has 1 heterocycles. The molecular formula is C14H25N5O. The SMILES string of the molecule is CNc1nc(OC2CC(C)CC(C)C2)nc(N(C)C)n1. The van der Waals surface area contributed by atoms with Gasteiger partial charge in [0, 0.05) is 21.1 Å². The van der Waals surface area contributed by atoms with Crippen LogP contribution in [0, 0.1) is 11.8 Å². The molecule has 0 aliphatic heterocycles. The molecule has 2 atom stereocenters.